The van der Waals surface area contributed by atoms with E-state index in [1.54, 1.807) is 4.90 Å². The molecule has 4 saturated carbocycles. The van der Waals surface area contributed by atoms with Crippen molar-refractivity contribution in [3.05, 3.63) is 0 Å². The molecule has 0 atom stereocenters. The molecule has 0 N–H and O–H groups in total. The van der Waals surface area contributed by atoms with Crippen LogP contribution in [0, 0.1) is 23.2 Å². The molecule has 0 saturated heterocycles. The van der Waals surface area contributed by atoms with Crippen molar-refractivity contribution in [1.29, 1.82) is 0 Å². The van der Waals surface area contributed by atoms with E-state index in [1.807, 2.05) is 7.05 Å². The lowest BCUT2D eigenvalue weighted by molar-refractivity contribution is -0.132. The first kappa shape index (κ1) is 18.2. The molecule has 0 radical (unpaired) electrons. The van der Waals surface area contributed by atoms with Gasteiger partial charge in [0, 0.05) is 13.6 Å². The summed E-state index contributed by atoms with van der Waals surface area (Å²) in [5.41, 5.74) is 0.283. The number of sulfone groups is 1. The van der Waals surface area contributed by atoms with Gasteiger partial charge in [0.1, 0.15) is 5.75 Å². The van der Waals surface area contributed by atoms with Crippen LogP contribution >= 0.6 is 0 Å². The summed E-state index contributed by atoms with van der Waals surface area (Å²) >= 11 is 0. The van der Waals surface area contributed by atoms with E-state index in [2.05, 4.69) is 6.92 Å². The van der Waals surface area contributed by atoms with Crippen molar-refractivity contribution >= 4 is 15.7 Å². The molecule has 5 heteroatoms. The minimum atomic E-state index is -3.26. The normalized spacial score (nSPS) is 34.5. The lowest BCUT2D eigenvalue weighted by Crippen LogP contribution is -2.52. The molecule has 138 valence electrons. The van der Waals surface area contributed by atoms with Gasteiger partial charge in [-0.05, 0) is 68.1 Å². The molecule has 0 aliphatic heterocycles. The lowest BCUT2D eigenvalue weighted by Gasteiger charge is -2.57. The number of carbonyl (C=O) groups is 1. The monoisotopic (exact) mass is 355 g/mol. The number of hydrogen-bond acceptors (Lipinski definition) is 3. The first-order valence-electron chi connectivity index (χ1n) is 9.75. The molecule has 0 unspecified atom stereocenters. The van der Waals surface area contributed by atoms with Crippen molar-refractivity contribution in [1.82, 2.24) is 4.90 Å². The minimum absolute atomic E-state index is 0.151. The van der Waals surface area contributed by atoms with Crippen LogP contribution in [0.5, 0.6) is 0 Å². The van der Waals surface area contributed by atoms with E-state index >= 15 is 0 Å². The highest BCUT2D eigenvalue weighted by Crippen LogP contribution is 2.60. The number of hydrogen-bond donors (Lipinski definition) is 0. The Morgan fingerprint density at radius 3 is 2.08 bits per heavy atom. The highest BCUT2D eigenvalue weighted by molar-refractivity contribution is 7.92. The van der Waals surface area contributed by atoms with Crippen molar-refractivity contribution in [3.63, 3.8) is 0 Å². The second-order valence-electron chi connectivity index (χ2n) is 8.97. The average Bonchev–Trinajstić information content (AvgIpc) is 2.44. The molecule has 0 heterocycles. The van der Waals surface area contributed by atoms with Crippen LogP contribution < -0.4 is 0 Å². The highest BCUT2D eigenvalue weighted by Gasteiger charge is 2.51. The Balaban J connectivity index is 1.55. The van der Waals surface area contributed by atoms with Crippen LogP contribution in [0.3, 0.4) is 0 Å². The van der Waals surface area contributed by atoms with Gasteiger partial charge in [0.05, 0.1) is 5.75 Å². The van der Waals surface area contributed by atoms with Crippen molar-refractivity contribution in [3.8, 4) is 0 Å². The number of carbonyl (C=O) groups excluding carboxylic acids is 1. The smallest absolute Gasteiger partial charge is 0.237 e. The van der Waals surface area contributed by atoms with Crippen molar-refractivity contribution in [2.75, 3.05) is 25.1 Å². The third kappa shape index (κ3) is 4.14. The Bertz CT molecular complexity index is 534. The van der Waals surface area contributed by atoms with E-state index < -0.39 is 9.84 Å². The van der Waals surface area contributed by atoms with Crippen LogP contribution in [0.15, 0.2) is 0 Å². The Morgan fingerprint density at radius 2 is 1.58 bits per heavy atom. The third-order valence-corrected chi connectivity index (χ3v) is 8.16. The standard InChI is InChI=1S/C19H33NO3S/c1-3-4-5-6-24(22,23)13-18(21)20(2)14-19-10-15-7-16(11-19)9-17(8-15)12-19/h15-17H,3-14H2,1-2H3. The molecule has 4 aliphatic carbocycles. The van der Waals surface area contributed by atoms with E-state index in [0.717, 1.165) is 37.1 Å². The van der Waals surface area contributed by atoms with Gasteiger partial charge in [-0.25, -0.2) is 8.42 Å². The van der Waals surface area contributed by atoms with Gasteiger partial charge in [-0.3, -0.25) is 4.79 Å². The topological polar surface area (TPSA) is 54.5 Å². The summed E-state index contributed by atoms with van der Waals surface area (Å²) in [4.78, 5) is 14.2. The predicted molar refractivity (Wildman–Crippen MR) is 96.4 cm³/mol. The quantitative estimate of drug-likeness (QED) is 0.628. The SMILES string of the molecule is CCCCCS(=O)(=O)CC(=O)N(C)CC12CC3CC(CC(C3)C1)C2. The van der Waals surface area contributed by atoms with E-state index in [-0.39, 0.29) is 22.8 Å². The molecule has 4 nitrogen and oxygen atoms in total. The van der Waals surface area contributed by atoms with E-state index in [4.69, 9.17) is 0 Å². The maximum absolute atomic E-state index is 12.5. The summed E-state index contributed by atoms with van der Waals surface area (Å²) < 4.78 is 24.3. The van der Waals surface area contributed by atoms with Gasteiger partial charge in [-0.2, -0.15) is 0 Å². The summed E-state index contributed by atoms with van der Waals surface area (Å²) in [7, 11) is -1.45. The second kappa shape index (κ2) is 6.97. The van der Waals surface area contributed by atoms with Crippen LogP contribution in [0.2, 0.25) is 0 Å². The third-order valence-electron chi connectivity index (χ3n) is 6.57. The molecule has 4 fully saturated rings. The van der Waals surface area contributed by atoms with E-state index in [1.165, 1.54) is 38.5 Å². The van der Waals surface area contributed by atoms with Crippen LogP contribution in [0.4, 0.5) is 0 Å². The van der Waals surface area contributed by atoms with E-state index in [9.17, 15) is 13.2 Å². The van der Waals surface area contributed by atoms with Gasteiger partial charge >= 0.3 is 0 Å². The number of rotatable bonds is 8. The van der Waals surface area contributed by atoms with Crippen molar-refractivity contribution < 1.29 is 13.2 Å². The minimum Gasteiger partial charge on any atom is -0.344 e. The highest BCUT2D eigenvalue weighted by atomic mass is 32.2. The Labute approximate surface area is 147 Å². The number of amides is 1. The van der Waals surface area contributed by atoms with Gasteiger partial charge in [-0.1, -0.05) is 19.8 Å². The van der Waals surface area contributed by atoms with Crippen LogP contribution in [0.1, 0.15) is 64.7 Å². The molecular formula is C19H33NO3S. The molecule has 0 aromatic rings. The maximum Gasteiger partial charge on any atom is 0.237 e. The van der Waals surface area contributed by atoms with Crippen LogP contribution in [0.25, 0.3) is 0 Å². The second-order valence-corrected chi connectivity index (χ2v) is 11.2. The van der Waals surface area contributed by atoms with Gasteiger partial charge in [0.25, 0.3) is 0 Å². The zero-order chi connectivity index (χ0) is 17.4. The maximum atomic E-state index is 12.5. The Morgan fingerprint density at radius 1 is 1.04 bits per heavy atom. The molecule has 0 aromatic carbocycles. The summed E-state index contributed by atoms with van der Waals surface area (Å²) in [6.45, 7) is 2.82. The van der Waals surface area contributed by atoms with Crippen LogP contribution in [-0.4, -0.2) is 44.3 Å². The first-order chi connectivity index (χ1) is 11.3. The first-order valence-corrected chi connectivity index (χ1v) is 11.6. The van der Waals surface area contributed by atoms with Gasteiger partial charge in [0.2, 0.25) is 5.91 Å². The number of nitrogens with zero attached hydrogens (tertiary/aromatic N) is 1. The summed E-state index contributed by atoms with van der Waals surface area (Å²) in [6.07, 6.45) is 10.5. The fourth-order valence-corrected chi connectivity index (χ4v) is 7.40. The zero-order valence-corrected chi connectivity index (χ0v) is 16.1. The molecule has 4 bridgehead atoms. The molecule has 1 amide bonds. The fourth-order valence-electron chi connectivity index (χ4n) is 6.02. The largest absolute Gasteiger partial charge is 0.344 e. The Hall–Kier alpha value is -0.580. The summed E-state index contributed by atoms with van der Waals surface area (Å²) in [6, 6.07) is 0. The fraction of sp³-hybridized carbons (Fsp3) is 0.947. The van der Waals surface area contributed by atoms with Gasteiger partial charge < -0.3 is 4.90 Å². The molecule has 0 spiro atoms. The zero-order valence-electron chi connectivity index (χ0n) is 15.3. The predicted octanol–water partition coefficient (Wildman–Crippen LogP) is 3.27. The summed E-state index contributed by atoms with van der Waals surface area (Å²) in [5, 5.41) is 0. The van der Waals surface area contributed by atoms with Crippen molar-refractivity contribution in [2.24, 2.45) is 23.2 Å². The van der Waals surface area contributed by atoms with Crippen molar-refractivity contribution in [2.45, 2.75) is 64.7 Å². The number of unbranched alkanes of at least 4 members (excludes halogenated alkanes) is 2. The molecule has 4 aliphatic rings. The van der Waals surface area contributed by atoms with Gasteiger partial charge in [-0.15, -0.1) is 0 Å². The molecule has 0 aromatic heterocycles. The Kier molecular flexibility index (Phi) is 5.29. The van der Waals surface area contributed by atoms with Crippen LogP contribution in [-0.2, 0) is 14.6 Å². The van der Waals surface area contributed by atoms with E-state index in [0.29, 0.717) is 6.42 Å². The lowest BCUT2D eigenvalue weighted by atomic mass is 9.49. The van der Waals surface area contributed by atoms with Gasteiger partial charge in [0.15, 0.2) is 9.84 Å². The molecule has 4 rings (SSSR count). The average molecular weight is 356 g/mol. The summed E-state index contributed by atoms with van der Waals surface area (Å²) in [5.74, 6) is 2.21. The molecular weight excluding hydrogens is 322 g/mol. The molecule has 24 heavy (non-hydrogen) atoms.